The van der Waals surface area contributed by atoms with Crippen LogP contribution in [0.3, 0.4) is 0 Å². The molecule has 2 amide bonds. The summed E-state index contributed by atoms with van der Waals surface area (Å²) in [5, 5.41) is 96.3. The molecule has 0 bridgehead atoms. The van der Waals surface area contributed by atoms with E-state index in [1.165, 1.54) is 0 Å². The highest BCUT2D eigenvalue weighted by Crippen LogP contribution is 2.30. The van der Waals surface area contributed by atoms with Crippen LogP contribution in [0, 0.1) is 0 Å². The summed E-state index contributed by atoms with van der Waals surface area (Å²) in [6.45, 7) is 0.184. The Kier molecular flexibility index (Phi) is 11.5. The van der Waals surface area contributed by atoms with Gasteiger partial charge in [-0.05, 0) is 0 Å². The largest absolute Gasteiger partial charge is 0.394 e. The van der Waals surface area contributed by atoms with Crippen LogP contribution in [0.1, 0.15) is 13.8 Å². The molecule has 11 N–H and O–H groups in total. The van der Waals surface area contributed by atoms with Crippen LogP contribution < -0.4 is 10.6 Å². The predicted molar refractivity (Wildman–Crippen MR) is 124 cm³/mol. The molecule has 0 aromatic heterocycles. The lowest BCUT2D eigenvalue weighted by Gasteiger charge is -2.47. The van der Waals surface area contributed by atoms with Gasteiger partial charge in [-0.15, -0.1) is 0 Å². The van der Waals surface area contributed by atoms with Crippen molar-refractivity contribution in [3.05, 3.63) is 0 Å². The van der Waals surface area contributed by atoms with Crippen molar-refractivity contribution >= 4 is 11.8 Å². The van der Waals surface area contributed by atoms with Crippen molar-refractivity contribution in [2.45, 2.75) is 106 Å². The van der Waals surface area contributed by atoms with Gasteiger partial charge in [-0.2, -0.15) is 0 Å². The molecule has 232 valence electrons. The molecule has 0 saturated carbocycles. The third-order valence-corrected chi connectivity index (χ3v) is 6.88. The van der Waals surface area contributed by atoms with E-state index in [1.807, 2.05) is 0 Å². The molecule has 0 aliphatic carbocycles. The molecule has 18 heteroatoms. The number of rotatable bonds is 9. The Morgan fingerprint density at radius 1 is 0.650 bits per heavy atom. The van der Waals surface area contributed by atoms with Gasteiger partial charge in [0.15, 0.2) is 18.9 Å². The number of carbonyl (C=O) groups excluding carboxylic acids is 2. The van der Waals surface area contributed by atoms with Gasteiger partial charge < -0.3 is 80.3 Å². The van der Waals surface area contributed by atoms with Crippen molar-refractivity contribution in [2.75, 3.05) is 19.8 Å². The Morgan fingerprint density at radius 3 is 1.73 bits per heavy atom. The summed E-state index contributed by atoms with van der Waals surface area (Å²) in [4.78, 5) is 23.4. The molecule has 0 aromatic carbocycles. The summed E-state index contributed by atoms with van der Waals surface area (Å²) in [6.07, 6.45) is -21.0. The number of amides is 2. The van der Waals surface area contributed by atoms with Gasteiger partial charge >= 0.3 is 0 Å². The topological polar surface area (TPSA) is 286 Å². The van der Waals surface area contributed by atoms with Gasteiger partial charge in [0.25, 0.3) is 0 Å². The van der Waals surface area contributed by atoms with Crippen LogP contribution in [0.25, 0.3) is 0 Å². The second-order valence-corrected chi connectivity index (χ2v) is 9.85. The molecule has 0 radical (unpaired) electrons. The molecule has 18 nitrogen and oxygen atoms in total. The van der Waals surface area contributed by atoms with Gasteiger partial charge in [0.1, 0.15) is 73.1 Å². The van der Waals surface area contributed by atoms with E-state index in [1.54, 1.807) is 0 Å². The molecule has 40 heavy (non-hydrogen) atoms. The first-order valence-corrected chi connectivity index (χ1v) is 12.6. The lowest BCUT2D eigenvalue weighted by Crippen LogP contribution is -2.68. The fourth-order valence-corrected chi connectivity index (χ4v) is 4.76. The van der Waals surface area contributed by atoms with Gasteiger partial charge in [0.05, 0.1) is 19.8 Å². The summed E-state index contributed by atoms with van der Waals surface area (Å²) in [5.74, 6) is -1.26. The number of nitrogens with one attached hydrogen (secondary N) is 2. The number of hydrogen-bond donors (Lipinski definition) is 11. The fraction of sp³-hybridized carbons (Fsp3) is 0.909. The molecule has 3 saturated heterocycles. The molecule has 0 aromatic rings. The van der Waals surface area contributed by atoms with Gasteiger partial charge in [0, 0.05) is 13.8 Å². The SMILES string of the molecule is CC(=O)N[C@H]1[C@H](OC[C@H]2OC(O)[C@H](NC(C)=O)[C@@H](O[C@@H]3O[C@H](CO)[C@H](O)[C@H](O)[C@H]3O)[C@@H]2O)O[C@H](CO)[C@@H](O)[C@@H]1O. The molecule has 3 fully saturated rings. The molecule has 0 spiro atoms. The Bertz CT molecular complexity index is 852. The highest BCUT2D eigenvalue weighted by molar-refractivity contribution is 5.73. The average Bonchev–Trinajstić information content (AvgIpc) is 2.90. The van der Waals surface area contributed by atoms with E-state index < -0.39 is 124 Å². The molecule has 1 unspecified atom stereocenters. The first-order valence-electron chi connectivity index (χ1n) is 12.6. The predicted octanol–water partition coefficient (Wildman–Crippen LogP) is -7.29. The van der Waals surface area contributed by atoms with Crippen molar-refractivity contribution in [1.29, 1.82) is 0 Å². The standard InChI is InChI=1S/C22H38N2O16/c1-6(27)23-11-16(32)13(29)8(3-25)38-21(11)36-5-10-15(31)19(12(20(35)37-10)24-7(2)28)40-22-18(34)17(33)14(30)9(4-26)39-22/h8-22,25-26,29-35H,3-5H2,1-2H3,(H,23,27)(H,24,28)/t8-,9-,10-,11-,12-,13-,14+,15-,16-,17+,18-,19-,20?,21-,22+/m1/s1. The normalized spacial score (nSPS) is 46.0. The van der Waals surface area contributed by atoms with Crippen LogP contribution in [0.15, 0.2) is 0 Å². The van der Waals surface area contributed by atoms with E-state index >= 15 is 0 Å². The molecule has 15 atom stereocenters. The van der Waals surface area contributed by atoms with E-state index in [2.05, 4.69) is 10.6 Å². The van der Waals surface area contributed by atoms with Crippen molar-refractivity contribution in [1.82, 2.24) is 10.6 Å². The maximum atomic E-state index is 11.8. The van der Waals surface area contributed by atoms with E-state index in [4.69, 9.17) is 23.7 Å². The highest BCUT2D eigenvalue weighted by Gasteiger charge is 2.52. The van der Waals surface area contributed by atoms with Crippen molar-refractivity contribution < 1.29 is 79.2 Å². The summed E-state index contributed by atoms with van der Waals surface area (Å²) in [5.41, 5.74) is 0. The van der Waals surface area contributed by atoms with Crippen LogP contribution in [0.5, 0.6) is 0 Å². The fourth-order valence-electron chi connectivity index (χ4n) is 4.76. The number of aliphatic hydroxyl groups is 9. The van der Waals surface area contributed by atoms with E-state index in [0.717, 1.165) is 13.8 Å². The molecule has 3 aliphatic rings. The van der Waals surface area contributed by atoms with Gasteiger partial charge in [-0.3, -0.25) is 9.59 Å². The molecule has 3 rings (SSSR count). The molecular weight excluding hydrogens is 548 g/mol. The van der Waals surface area contributed by atoms with Gasteiger partial charge in [0.2, 0.25) is 11.8 Å². The quantitative estimate of drug-likeness (QED) is 0.120. The van der Waals surface area contributed by atoms with Crippen LogP contribution in [-0.2, 0) is 33.3 Å². The number of hydrogen-bond acceptors (Lipinski definition) is 16. The zero-order valence-electron chi connectivity index (χ0n) is 21.7. The number of carbonyl (C=O) groups is 2. The maximum absolute atomic E-state index is 11.8. The lowest BCUT2D eigenvalue weighted by molar-refractivity contribution is -0.345. The first-order chi connectivity index (χ1) is 18.8. The van der Waals surface area contributed by atoms with Crippen molar-refractivity contribution in [3.8, 4) is 0 Å². The second kappa shape index (κ2) is 14.0. The van der Waals surface area contributed by atoms with Gasteiger partial charge in [-0.25, -0.2) is 0 Å². The summed E-state index contributed by atoms with van der Waals surface area (Å²) < 4.78 is 27.4. The van der Waals surface area contributed by atoms with Gasteiger partial charge in [-0.1, -0.05) is 0 Å². The van der Waals surface area contributed by atoms with Crippen LogP contribution in [0.4, 0.5) is 0 Å². The zero-order chi connectivity index (χ0) is 29.9. The third kappa shape index (κ3) is 7.23. The molecule has 3 heterocycles. The number of ether oxygens (including phenoxy) is 5. The molecular formula is C22H38N2O16. The second-order valence-electron chi connectivity index (χ2n) is 9.85. The monoisotopic (exact) mass is 586 g/mol. The minimum Gasteiger partial charge on any atom is -0.394 e. The van der Waals surface area contributed by atoms with Crippen molar-refractivity contribution in [3.63, 3.8) is 0 Å². The van der Waals surface area contributed by atoms with E-state index in [-0.39, 0.29) is 0 Å². The average molecular weight is 587 g/mol. The minimum atomic E-state index is -1.87. The highest BCUT2D eigenvalue weighted by atomic mass is 16.7. The summed E-state index contributed by atoms with van der Waals surface area (Å²) >= 11 is 0. The Morgan fingerprint density at radius 2 is 1.18 bits per heavy atom. The maximum Gasteiger partial charge on any atom is 0.217 e. The van der Waals surface area contributed by atoms with E-state index in [0.29, 0.717) is 0 Å². The summed E-state index contributed by atoms with van der Waals surface area (Å²) in [6, 6.07) is -2.75. The first kappa shape index (κ1) is 32.9. The zero-order valence-corrected chi connectivity index (χ0v) is 21.7. The van der Waals surface area contributed by atoms with E-state index in [9.17, 15) is 55.5 Å². The van der Waals surface area contributed by atoms with Crippen LogP contribution in [0.2, 0.25) is 0 Å². The molecule has 3 aliphatic heterocycles. The Labute approximate surface area is 228 Å². The Balaban J connectivity index is 1.78. The van der Waals surface area contributed by atoms with Crippen molar-refractivity contribution in [2.24, 2.45) is 0 Å². The van der Waals surface area contributed by atoms with Crippen LogP contribution in [-0.4, -0.2) is 170 Å². The van der Waals surface area contributed by atoms with Crippen LogP contribution >= 0.6 is 0 Å². The number of aliphatic hydroxyl groups excluding tert-OH is 9. The Hall–Kier alpha value is -1.62. The summed E-state index contributed by atoms with van der Waals surface area (Å²) in [7, 11) is 0. The third-order valence-electron chi connectivity index (χ3n) is 6.88. The smallest absolute Gasteiger partial charge is 0.217 e. The lowest BCUT2D eigenvalue weighted by atomic mass is 9.95. The minimum absolute atomic E-state index is 0.596.